The second kappa shape index (κ2) is 15.3. The standard InChI is InChI=1S/C37H41NO12/c1-43-28-12-20(8-9-26(28)39)25(18-33(41)48-6)36-35(42)27(40)16-23(50-36)19-38-11-10-21-13-29(44-2)30(45-3)17-24(21)34(38)22-14-31(46-4)37(49-7)32(15-22)47-5/h8-9,12-17,25,34,39,42H,10-11,18-19H2,1-7H3. The van der Waals surface area contributed by atoms with E-state index in [1.54, 1.807) is 34.5 Å². The number of nitrogens with zero attached hydrogens (tertiary/aromatic N) is 1. The summed E-state index contributed by atoms with van der Waals surface area (Å²) in [5.41, 5.74) is 2.52. The molecule has 0 saturated carbocycles. The first kappa shape index (κ1) is 35.7. The zero-order valence-corrected chi connectivity index (χ0v) is 29.0. The summed E-state index contributed by atoms with van der Waals surface area (Å²) in [6.45, 7) is 0.659. The maximum absolute atomic E-state index is 13.3. The van der Waals surface area contributed by atoms with Crippen molar-refractivity contribution >= 4 is 5.97 Å². The number of carbonyl (C=O) groups excluding carboxylic acids is 1. The number of methoxy groups -OCH3 is 7. The van der Waals surface area contributed by atoms with Crippen LogP contribution >= 0.6 is 0 Å². The molecule has 2 heterocycles. The molecule has 1 aliphatic rings. The van der Waals surface area contributed by atoms with E-state index in [1.165, 1.54) is 39.5 Å². The van der Waals surface area contributed by atoms with Gasteiger partial charge in [0, 0.05) is 12.6 Å². The van der Waals surface area contributed by atoms with Gasteiger partial charge in [-0.3, -0.25) is 14.5 Å². The molecule has 2 N–H and O–H groups in total. The molecular formula is C37H41NO12. The normalized spacial score (nSPS) is 14.7. The van der Waals surface area contributed by atoms with Gasteiger partial charge in [-0.05, 0) is 65.1 Å². The van der Waals surface area contributed by atoms with Gasteiger partial charge in [-0.2, -0.15) is 0 Å². The molecule has 13 nitrogen and oxygen atoms in total. The molecule has 266 valence electrons. The Bertz CT molecular complexity index is 1890. The molecule has 0 spiro atoms. The number of ether oxygens (including phenoxy) is 7. The van der Waals surface area contributed by atoms with Crippen LogP contribution in [-0.4, -0.2) is 77.4 Å². The molecule has 0 aliphatic carbocycles. The van der Waals surface area contributed by atoms with E-state index >= 15 is 0 Å². The van der Waals surface area contributed by atoms with Gasteiger partial charge in [0.25, 0.3) is 0 Å². The lowest BCUT2D eigenvalue weighted by Crippen LogP contribution is -2.36. The molecule has 50 heavy (non-hydrogen) atoms. The lowest BCUT2D eigenvalue weighted by molar-refractivity contribution is -0.140. The summed E-state index contributed by atoms with van der Waals surface area (Å²) in [5.74, 6) is 0.436. The van der Waals surface area contributed by atoms with Crippen molar-refractivity contribution in [2.45, 2.75) is 31.3 Å². The third-order valence-corrected chi connectivity index (χ3v) is 8.86. The van der Waals surface area contributed by atoms with E-state index in [1.807, 2.05) is 24.3 Å². The van der Waals surface area contributed by atoms with Crippen LogP contribution in [0.3, 0.4) is 0 Å². The first-order valence-corrected chi connectivity index (χ1v) is 15.7. The lowest BCUT2D eigenvalue weighted by atomic mass is 9.87. The zero-order valence-electron chi connectivity index (χ0n) is 29.0. The highest BCUT2D eigenvalue weighted by molar-refractivity contribution is 5.71. The summed E-state index contributed by atoms with van der Waals surface area (Å²) in [7, 11) is 10.4. The summed E-state index contributed by atoms with van der Waals surface area (Å²) in [5, 5.41) is 21.2. The van der Waals surface area contributed by atoms with Crippen molar-refractivity contribution in [3.05, 3.63) is 92.5 Å². The Hall–Kier alpha value is -5.56. The zero-order chi connectivity index (χ0) is 36.1. The number of phenols is 1. The molecule has 4 aromatic rings. The van der Waals surface area contributed by atoms with Gasteiger partial charge < -0.3 is 47.8 Å². The van der Waals surface area contributed by atoms with Crippen LogP contribution in [0.25, 0.3) is 0 Å². The van der Waals surface area contributed by atoms with Crippen molar-refractivity contribution in [1.29, 1.82) is 0 Å². The minimum absolute atomic E-state index is 0.120. The van der Waals surface area contributed by atoms with Crippen LogP contribution in [0.15, 0.2) is 57.7 Å². The van der Waals surface area contributed by atoms with Crippen LogP contribution in [0.4, 0.5) is 0 Å². The van der Waals surface area contributed by atoms with E-state index in [4.69, 9.17) is 37.6 Å². The Morgan fingerprint density at radius 2 is 1.46 bits per heavy atom. The monoisotopic (exact) mass is 691 g/mol. The first-order valence-electron chi connectivity index (χ1n) is 15.7. The topological polar surface area (TPSA) is 156 Å². The highest BCUT2D eigenvalue weighted by atomic mass is 16.5. The van der Waals surface area contributed by atoms with E-state index in [0.717, 1.165) is 16.7 Å². The molecule has 1 aromatic heterocycles. The van der Waals surface area contributed by atoms with Crippen LogP contribution in [-0.2, 0) is 22.5 Å². The maximum Gasteiger partial charge on any atom is 0.306 e. The SMILES string of the molecule is COC(=O)CC(c1ccc(O)c(OC)c1)c1oc(CN2CCc3cc(OC)c(OC)cc3C2c2cc(OC)c(OC)c(OC)c2)cc(=O)c1O. The third kappa shape index (κ3) is 6.95. The average molecular weight is 692 g/mol. The van der Waals surface area contributed by atoms with E-state index in [2.05, 4.69) is 4.90 Å². The Kier molecular flexibility index (Phi) is 11.0. The maximum atomic E-state index is 13.3. The van der Waals surface area contributed by atoms with Crippen molar-refractivity contribution in [2.24, 2.45) is 0 Å². The van der Waals surface area contributed by atoms with Crippen LogP contribution in [0, 0.1) is 0 Å². The molecule has 0 saturated heterocycles. The molecule has 0 fully saturated rings. The Labute approximate surface area is 289 Å². The number of aromatic hydroxyl groups is 2. The molecule has 5 rings (SSSR count). The van der Waals surface area contributed by atoms with Gasteiger partial charge in [0.15, 0.2) is 40.3 Å². The van der Waals surface area contributed by atoms with Crippen molar-refractivity contribution < 1.29 is 52.6 Å². The van der Waals surface area contributed by atoms with Gasteiger partial charge in [0.05, 0.1) is 74.7 Å². The highest BCUT2D eigenvalue weighted by Crippen LogP contribution is 2.46. The van der Waals surface area contributed by atoms with Crippen molar-refractivity contribution in [3.8, 4) is 46.0 Å². The summed E-state index contributed by atoms with van der Waals surface area (Å²) in [4.78, 5) is 28.0. The van der Waals surface area contributed by atoms with Gasteiger partial charge >= 0.3 is 5.97 Å². The number of carbonyl (C=O) groups is 1. The van der Waals surface area contributed by atoms with Gasteiger partial charge in [-0.15, -0.1) is 0 Å². The molecule has 0 amide bonds. The fourth-order valence-electron chi connectivity index (χ4n) is 6.41. The number of esters is 1. The quantitative estimate of drug-likeness (QED) is 0.182. The van der Waals surface area contributed by atoms with Crippen LogP contribution < -0.4 is 33.8 Å². The van der Waals surface area contributed by atoms with Gasteiger partial charge in [-0.1, -0.05) is 6.07 Å². The van der Waals surface area contributed by atoms with Crippen molar-refractivity contribution in [3.63, 3.8) is 0 Å². The Morgan fingerprint density at radius 3 is 2.06 bits per heavy atom. The van der Waals surface area contributed by atoms with E-state index < -0.39 is 29.1 Å². The molecule has 3 aromatic carbocycles. The Morgan fingerprint density at radius 1 is 0.820 bits per heavy atom. The summed E-state index contributed by atoms with van der Waals surface area (Å²) < 4.78 is 44.8. The van der Waals surface area contributed by atoms with Crippen molar-refractivity contribution in [2.75, 3.05) is 56.3 Å². The Balaban J connectivity index is 1.66. The summed E-state index contributed by atoms with van der Waals surface area (Å²) in [6.07, 6.45) is 0.362. The molecule has 1 aliphatic heterocycles. The molecule has 2 atom stereocenters. The van der Waals surface area contributed by atoms with Gasteiger partial charge in [-0.25, -0.2) is 0 Å². The number of hydrogen-bond acceptors (Lipinski definition) is 13. The average Bonchev–Trinajstić information content (AvgIpc) is 3.14. The minimum Gasteiger partial charge on any atom is -0.504 e. The fourth-order valence-corrected chi connectivity index (χ4v) is 6.41. The predicted molar refractivity (Wildman–Crippen MR) is 181 cm³/mol. The van der Waals surface area contributed by atoms with Crippen LogP contribution in [0.5, 0.6) is 46.0 Å². The molecule has 2 unspecified atom stereocenters. The number of rotatable bonds is 13. The third-order valence-electron chi connectivity index (χ3n) is 8.86. The molecule has 13 heteroatoms. The molecule has 0 radical (unpaired) electrons. The van der Waals surface area contributed by atoms with Crippen LogP contribution in [0.2, 0.25) is 0 Å². The van der Waals surface area contributed by atoms with Crippen molar-refractivity contribution in [1.82, 2.24) is 4.90 Å². The van der Waals surface area contributed by atoms with Crippen LogP contribution in [0.1, 0.15) is 52.2 Å². The van der Waals surface area contributed by atoms with E-state index in [0.29, 0.717) is 47.3 Å². The predicted octanol–water partition coefficient (Wildman–Crippen LogP) is 4.95. The number of benzene rings is 3. The van der Waals surface area contributed by atoms with E-state index in [9.17, 15) is 19.8 Å². The van der Waals surface area contributed by atoms with E-state index in [-0.39, 0.29) is 36.0 Å². The highest BCUT2D eigenvalue weighted by Gasteiger charge is 2.34. The second-order valence-corrected chi connectivity index (χ2v) is 11.5. The van der Waals surface area contributed by atoms with Gasteiger partial charge in [0.2, 0.25) is 16.9 Å². The number of phenolic OH excluding ortho intramolecular Hbond substituents is 1. The fraction of sp³-hybridized carbons (Fsp3) is 0.351. The molecular weight excluding hydrogens is 650 g/mol. The minimum atomic E-state index is -0.950. The lowest BCUT2D eigenvalue weighted by Gasteiger charge is -2.38. The second-order valence-electron chi connectivity index (χ2n) is 11.5. The summed E-state index contributed by atoms with van der Waals surface area (Å²) >= 11 is 0. The molecule has 0 bridgehead atoms. The summed E-state index contributed by atoms with van der Waals surface area (Å²) in [6, 6.07) is 12.9. The number of fused-ring (bicyclic) bond motifs is 1. The first-order chi connectivity index (χ1) is 24.1. The van der Waals surface area contributed by atoms with Gasteiger partial charge in [0.1, 0.15) is 5.76 Å². The largest absolute Gasteiger partial charge is 0.504 e. The smallest absolute Gasteiger partial charge is 0.306 e. The number of hydrogen-bond donors (Lipinski definition) is 2.